The summed E-state index contributed by atoms with van der Waals surface area (Å²) in [5.41, 5.74) is 0.140. The summed E-state index contributed by atoms with van der Waals surface area (Å²) in [6, 6.07) is 4.09. The number of ketones is 1. The lowest BCUT2D eigenvalue weighted by molar-refractivity contribution is -0.385. The average Bonchev–Trinajstić information content (AvgIpc) is 2.84. The molecule has 21 heavy (non-hydrogen) atoms. The van der Waals surface area contributed by atoms with Crippen LogP contribution in [0.15, 0.2) is 22.7 Å². The monoisotopic (exact) mass is 354 g/mol. The van der Waals surface area contributed by atoms with Gasteiger partial charge in [-0.3, -0.25) is 19.7 Å². The maximum absolute atomic E-state index is 12.5. The first-order chi connectivity index (χ1) is 9.88. The van der Waals surface area contributed by atoms with Gasteiger partial charge < -0.3 is 4.90 Å². The van der Waals surface area contributed by atoms with Crippen molar-refractivity contribution in [3.05, 3.63) is 38.3 Å². The molecule has 1 aliphatic rings. The summed E-state index contributed by atoms with van der Waals surface area (Å²) >= 11 is 3.18. The van der Waals surface area contributed by atoms with Crippen molar-refractivity contribution in [2.24, 2.45) is 0 Å². The SMILES string of the molecule is CC(=O)CC1CCCN1C(=O)c1cc(Br)cc([N+](=O)[O-])c1. The van der Waals surface area contributed by atoms with E-state index in [0.29, 0.717) is 17.4 Å². The minimum atomic E-state index is -0.529. The van der Waals surface area contributed by atoms with E-state index in [1.165, 1.54) is 19.1 Å². The summed E-state index contributed by atoms with van der Waals surface area (Å²) in [4.78, 5) is 35.8. The van der Waals surface area contributed by atoms with Gasteiger partial charge in [-0.25, -0.2) is 0 Å². The Labute approximate surface area is 130 Å². The van der Waals surface area contributed by atoms with E-state index in [1.54, 1.807) is 11.0 Å². The van der Waals surface area contributed by atoms with E-state index in [-0.39, 0.29) is 29.0 Å². The molecule has 1 aliphatic heterocycles. The topological polar surface area (TPSA) is 80.5 Å². The summed E-state index contributed by atoms with van der Waals surface area (Å²) in [5, 5.41) is 10.9. The van der Waals surface area contributed by atoms with Crippen molar-refractivity contribution < 1.29 is 14.5 Å². The fourth-order valence-electron chi connectivity index (χ4n) is 2.62. The van der Waals surface area contributed by atoms with Gasteiger partial charge >= 0.3 is 0 Å². The zero-order valence-electron chi connectivity index (χ0n) is 11.5. The van der Waals surface area contributed by atoms with Gasteiger partial charge in [0.15, 0.2) is 0 Å². The molecule has 2 rings (SSSR count). The van der Waals surface area contributed by atoms with E-state index in [2.05, 4.69) is 15.9 Å². The number of benzene rings is 1. The molecule has 1 saturated heterocycles. The molecule has 7 heteroatoms. The number of rotatable bonds is 4. The van der Waals surface area contributed by atoms with E-state index < -0.39 is 4.92 Å². The number of nitro groups is 1. The Morgan fingerprint density at radius 2 is 2.14 bits per heavy atom. The molecule has 1 aromatic rings. The van der Waals surface area contributed by atoms with Crippen LogP contribution in [0.4, 0.5) is 5.69 Å². The molecule has 1 atom stereocenters. The summed E-state index contributed by atoms with van der Waals surface area (Å²) in [5.74, 6) is -0.219. The van der Waals surface area contributed by atoms with Gasteiger partial charge in [-0.2, -0.15) is 0 Å². The molecule has 6 nitrogen and oxygen atoms in total. The molecular weight excluding hydrogens is 340 g/mol. The van der Waals surface area contributed by atoms with E-state index in [0.717, 1.165) is 12.8 Å². The molecule has 0 N–H and O–H groups in total. The van der Waals surface area contributed by atoms with Gasteiger partial charge in [-0.05, 0) is 25.8 Å². The molecule has 0 radical (unpaired) electrons. The number of carbonyl (C=O) groups excluding carboxylic acids is 2. The largest absolute Gasteiger partial charge is 0.335 e. The lowest BCUT2D eigenvalue weighted by Gasteiger charge is -2.24. The predicted octanol–water partition coefficient (Wildman–Crippen LogP) is 2.94. The van der Waals surface area contributed by atoms with Crippen LogP contribution >= 0.6 is 15.9 Å². The number of carbonyl (C=O) groups is 2. The molecule has 1 fully saturated rings. The third-order valence-electron chi connectivity index (χ3n) is 3.50. The molecule has 0 aromatic heterocycles. The zero-order valence-corrected chi connectivity index (χ0v) is 13.1. The van der Waals surface area contributed by atoms with Gasteiger partial charge in [0.2, 0.25) is 0 Å². The summed E-state index contributed by atoms with van der Waals surface area (Å²) in [7, 11) is 0. The first-order valence-electron chi connectivity index (χ1n) is 6.64. The standard InChI is InChI=1S/C14H15BrN2O4/c1-9(18)5-12-3-2-4-16(12)14(19)10-6-11(15)8-13(7-10)17(20)21/h6-8,12H,2-5H2,1H3. The fraction of sp³-hybridized carbons (Fsp3) is 0.429. The van der Waals surface area contributed by atoms with Gasteiger partial charge in [-0.15, -0.1) is 0 Å². The van der Waals surface area contributed by atoms with Crippen LogP contribution < -0.4 is 0 Å². The maximum atomic E-state index is 12.5. The van der Waals surface area contributed by atoms with Crippen LogP contribution in [0.1, 0.15) is 36.5 Å². The molecular formula is C14H15BrN2O4. The highest BCUT2D eigenvalue weighted by atomic mass is 79.9. The highest BCUT2D eigenvalue weighted by Crippen LogP contribution is 2.26. The molecule has 1 heterocycles. The number of nitro benzene ring substituents is 1. The second-order valence-corrected chi connectivity index (χ2v) is 6.07. The van der Waals surface area contributed by atoms with Crippen molar-refractivity contribution in [1.82, 2.24) is 4.90 Å². The first kappa shape index (κ1) is 15.6. The number of hydrogen-bond acceptors (Lipinski definition) is 4. The average molecular weight is 355 g/mol. The maximum Gasteiger partial charge on any atom is 0.271 e. The smallest absolute Gasteiger partial charge is 0.271 e. The Morgan fingerprint density at radius 1 is 1.43 bits per heavy atom. The van der Waals surface area contributed by atoms with Crippen molar-refractivity contribution >= 4 is 33.3 Å². The molecule has 0 aliphatic carbocycles. The van der Waals surface area contributed by atoms with Gasteiger partial charge in [0, 0.05) is 41.2 Å². The molecule has 0 bridgehead atoms. The van der Waals surface area contributed by atoms with Crippen molar-refractivity contribution in [2.45, 2.75) is 32.2 Å². The lowest BCUT2D eigenvalue weighted by atomic mass is 10.1. The van der Waals surface area contributed by atoms with Crippen molar-refractivity contribution in [1.29, 1.82) is 0 Å². The molecule has 1 aromatic carbocycles. The van der Waals surface area contributed by atoms with E-state index in [1.807, 2.05) is 0 Å². The van der Waals surface area contributed by atoms with E-state index in [4.69, 9.17) is 0 Å². The summed E-state index contributed by atoms with van der Waals surface area (Å²) in [6.45, 7) is 2.09. The first-order valence-corrected chi connectivity index (χ1v) is 7.43. The number of nitrogens with zero attached hydrogens (tertiary/aromatic N) is 2. The third-order valence-corrected chi connectivity index (χ3v) is 3.96. The predicted molar refractivity (Wildman–Crippen MR) is 80.2 cm³/mol. The van der Waals surface area contributed by atoms with E-state index in [9.17, 15) is 19.7 Å². The Kier molecular flexibility index (Phi) is 4.72. The summed E-state index contributed by atoms with van der Waals surface area (Å²) < 4.78 is 0.488. The number of Topliss-reactive ketones (excluding diaryl/α,β-unsaturated/α-hetero) is 1. The number of likely N-dealkylation sites (tertiary alicyclic amines) is 1. The van der Waals surface area contributed by atoms with Crippen LogP contribution in [0.2, 0.25) is 0 Å². The fourth-order valence-corrected chi connectivity index (χ4v) is 3.10. The van der Waals surface area contributed by atoms with E-state index >= 15 is 0 Å². The van der Waals surface area contributed by atoms with Gasteiger partial charge in [0.1, 0.15) is 5.78 Å². The van der Waals surface area contributed by atoms with Gasteiger partial charge in [-0.1, -0.05) is 15.9 Å². The molecule has 0 spiro atoms. The van der Waals surface area contributed by atoms with Crippen molar-refractivity contribution in [3.8, 4) is 0 Å². The minimum absolute atomic E-state index is 0.0416. The molecule has 1 unspecified atom stereocenters. The van der Waals surface area contributed by atoms with Crippen LogP contribution in [0.25, 0.3) is 0 Å². The minimum Gasteiger partial charge on any atom is -0.335 e. The van der Waals surface area contributed by atoms with Gasteiger partial charge in [0.25, 0.3) is 11.6 Å². The molecule has 0 saturated carbocycles. The Hall–Kier alpha value is -1.76. The number of halogens is 1. The zero-order chi connectivity index (χ0) is 15.6. The molecule has 1 amide bonds. The number of non-ortho nitro benzene ring substituents is 1. The number of amides is 1. The van der Waals surface area contributed by atoms with Crippen LogP contribution in [0, 0.1) is 10.1 Å². The van der Waals surface area contributed by atoms with Crippen LogP contribution in [0.5, 0.6) is 0 Å². The molecule has 112 valence electrons. The van der Waals surface area contributed by atoms with Crippen LogP contribution in [-0.4, -0.2) is 34.1 Å². The van der Waals surface area contributed by atoms with Crippen molar-refractivity contribution in [2.75, 3.05) is 6.54 Å². The Morgan fingerprint density at radius 3 is 2.76 bits per heavy atom. The van der Waals surface area contributed by atoms with Crippen molar-refractivity contribution in [3.63, 3.8) is 0 Å². The Balaban J connectivity index is 2.27. The highest BCUT2D eigenvalue weighted by Gasteiger charge is 2.30. The van der Waals surface area contributed by atoms with Crippen LogP contribution in [-0.2, 0) is 4.79 Å². The third kappa shape index (κ3) is 3.66. The van der Waals surface area contributed by atoms with Gasteiger partial charge in [0.05, 0.1) is 4.92 Å². The second kappa shape index (κ2) is 6.34. The normalized spacial score (nSPS) is 17.8. The summed E-state index contributed by atoms with van der Waals surface area (Å²) in [6.07, 6.45) is 1.98. The second-order valence-electron chi connectivity index (χ2n) is 5.16. The van der Waals surface area contributed by atoms with Crippen LogP contribution in [0.3, 0.4) is 0 Å². The Bertz CT molecular complexity index is 603. The quantitative estimate of drug-likeness (QED) is 0.614. The highest BCUT2D eigenvalue weighted by molar-refractivity contribution is 9.10. The number of hydrogen-bond donors (Lipinski definition) is 0. The lowest BCUT2D eigenvalue weighted by Crippen LogP contribution is -2.36.